The fourth-order valence-electron chi connectivity index (χ4n) is 6.36. The Bertz CT molecular complexity index is 263. The van der Waals surface area contributed by atoms with Gasteiger partial charge in [0.15, 0.2) is 0 Å². The second-order valence-corrected chi connectivity index (χ2v) is 6.68. The molecule has 0 aromatic rings. The molecule has 0 spiro atoms. The molecule has 5 aliphatic rings. The Kier molecular flexibility index (Phi) is 0.860. The molecule has 0 nitrogen and oxygen atoms in total. The van der Waals surface area contributed by atoms with Gasteiger partial charge in [-0.2, -0.15) is 0 Å². The molecule has 5 rings (SSSR count). The van der Waals surface area contributed by atoms with Crippen molar-refractivity contribution in [3.8, 4) is 0 Å². The number of fused-ring (bicyclic) bond motifs is 3. The van der Waals surface area contributed by atoms with E-state index in [1.54, 1.807) is 32.1 Å². The first kappa shape index (κ1) is 6.48. The normalized spacial score (nSPS) is 75.7. The van der Waals surface area contributed by atoms with E-state index in [0.29, 0.717) is 0 Å². The van der Waals surface area contributed by atoms with Crippen LogP contribution in [-0.2, 0) is 0 Å². The molecule has 5 saturated carbocycles. The Hall–Kier alpha value is 0. The Morgan fingerprint density at radius 1 is 0.385 bits per heavy atom. The minimum absolute atomic E-state index is 1.21. The summed E-state index contributed by atoms with van der Waals surface area (Å²) in [6, 6.07) is 0. The lowest BCUT2D eigenvalue weighted by molar-refractivity contribution is -0.135. The van der Waals surface area contributed by atoms with Crippen molar-refractivity contribution >= 4 is 0 Å². The highest BCUT2D eigenvalue weighted by Crippen LogP contribution is 2.73. The summed E-state index contributed by atoms with van der Waals surface area (Å²) in [5, 5.41) is 0. The average molecular weight is 174 g/mol. The second kappa shape index (κ2) is 1.73. The van der Waals surface area contributed by atoms with Crippen molar-refractivity contribution in [2.75, 3.05) is 0 Å². The highest BCUT2D eigenvalue weighted by atomic mass is 14.7. The first-order valence-corrected chi connectivity index (χ1v) is 6.42. The monoisotopic (exact) mass is 174 g/mol. The molecule has 70 valence electrons. The minimum atomic E-state index is 1.21. The molecule has 13 heavy (non-hydrogen) atoms. The molecule has 4 bridgehead atoms. The predicted molar refractivity (Wildman–Crippen MR) is 51.0 cm³/mol. The van der Waals surface area contributed by atoms with Gasteiger partial charge in [-0.15, -0.1) is 0 Å². The Morgan fingerprint density at radius 2 is 0.769 bits per heavy atom. The molecule has 0 aromatic heterocycles. The van der Waals surface area contributed by atoms with Crippen LogP contribution in [-0.4, -0.2) is 0 Å². The SMILES string of the molecule is C1C2CC3C4CC5CC4C3CC2C15. The van der Waals surface area contributed by atoms with Crippen LogP contribution in [0.1, 0.15) is 32.1 Å². The largest absolute Gasteiger partial charge is 0.0468 e. The van der Waals surface area contributed by atoms with E-state index in [0.717, 1.165) is 0 Å². The molecule has 8 unspecified atom stereocenters. The highest BCUT2D eigenvalue weighted by Gasteiger charge is 2.66. The number of hydrogen-bond donors (Lipinski definition) is 0. The lowest BCUT2D eigenvalue weighted by Crippen LogP contribution is -2.55. The third-order valence-electron chi connectivity index (χ3n) is 6.80. The Balaban J connectivity index is 1.70. The highest BCUT2D eigenvalue weighted by molar-refractivity contribution is 5.15. The van der Waals surface area contributed by atoms with Crippen molar-refractivity contribution in [1.29, 1.82) is 0 Å². The van der Waals surface area contributed by atoms with Gasteiger partial charge in [-0.25, -0.2) is 0 Å². The van der Waals surface area contributed by atoms with E-state index >= 15 is 0 Å². The van der Waals surface area contributed by atoms with Crippen LogP contribution < -0.4 is 0 Å². The van der Waals surface area contributed by atoms with Crippen LogP contribution in [0.2, 0.25) is 0 Å². The van der Waals surface area contributed by atoms with Gasteiger partial charge in [0, 0.05) is 0 Å². The summed E-state index contributed by atoms with van der Waals surface area (Å²) >= 11 is 0. The van der Waals surface area contributed by atoms with E-state index in [9.17, 15) is 0 Å². The lowest BCUT2D eigenvalue weighted by Gasteiger charge is -2.62. The average Bonchev–Trinajstić information content (AvgIpc) is 2.44. The maximum Gasteiger partial charge on any atom is -0.0349 e. The van der Waals surface area contributed by atoms with Crippen molar-refractivity contribution in [3.05, 3.63) is 0 Å². The molecule has 0 N–H and O–H groups in total. The fourth-order valence-corrected chi connectivity index (χ4v) is 6.36. The van der Waals surface area contributed by atoms with Crippen molar-refractivity contribution in [2.45, 2.75) is 32.1 Å². The van der Waals surface area contributed by atoms with Crippen LogP contribution in [0.15, 0.2) is 0 Å². The van der Waals surface area contributed by atoms with E-state index in [2.05, 4.69) is 0 Å². The fraction of sp³-hybridized carbons (Fsp3) is 1.00. The van der Waals surface area contributed by atoms with E-state index in [-0.39, 0.29) is 0 Å². The van der Waals surface area contributed by atoms with Gasteiger partial charge in [-0.1, -0.05) is 0 Å². The zero-order valence-corrected chi connectivity index (χ0v) is 8.15. The molecular weight excluding hydrogens is 156 g/mol. The van der Waals surface area contributed by atoms with Crippen LogP contribution in [0.4, 0.5) is 0 Å². The van der Waals surface area contributed by atoms with Gasteiger partial charge in [-0.3, -0.25) is 0 Å². The van der Waals surface area contributed by atoms with Crippen LogP contribution in [0, 0.1) is 47.3 Å². The van der Waals surface area contributed by atoms with E-state index < -0.39 is 0 Å². The lowest BCUT2D eigenvalue weighted by atomic mass is 9.43. The molecule has 0 aliphatic heterocycles. The quantitative estimate of drug-likeness (QED) is 0.529. The standard InChI is InChI=1S/C13H18/c1-6-2-11-10-3-7-4-12(10)13(11)5-9(6)8(1)7/h6-13H,1-5H2. The minimum Gasteiger partial charge on any atom is -0.0468 e. The third kappa shape index (κ3) is 0.521. The van der Waals surface area contributed by atoms with Crippen LogP contribution in [0.5, 0.6) is 0 Å². The Labute approximate surface area is 80.1 Å². The van der Waals surface area contributed by atoms with Crippen molar-refractivity contribution < 1.29 is 0 Å². The topological polar surface area (TPSA) is 0 Å². The van der Waals surface area contributed by atoms with Crippen molar-refractivity contribution in [2.24, 2.45) is 47.3 Å². The third-order valence-corrected chi connectivity index (χ3v) is 6.80. The van der Waals surface area contributed by atoms with Gasteiger partial charge < -0.3 is 0 Å². The first-order valence-electron chi connectivity index (χ1n) is 6.42. The molecule has 8 atom stereocenters. The van der Waals surface area contributed by atoms with Gasteiger partial charge in [-0.05, 0) is 79.4 Å². The van der Waals surface area contributed by atoms with E-state index in [4.69, 9.17) is 0 Å². The van der Waals surface area contributed by atoms with Gasteiger partial charge in [0.25, 0.3) is 0 Å². The second-order valence-electron chi connectivity index (χ2n) is 6.68. The van der Waals surface area contributed by atoms with Gasteiger partial charge in [0.05, 0.1) is 0 Å². The van der Waals surface area contributed by atoms with E-state index in [1.165, 1.54) is 47.3 Å². The maximum absolute atomic E-state index is 1.68. The molecule has 0 aromatic carbocycles. The van der Waals surface area contributed by atoms with Crippen LogP contribution in [0.3, 0.4) is 0 Å². The molecule has 0 saturated heterocycles. The molecule has 5 aliphatic carbocycles. The summed E-state index contributed by atoms with van der Waals surface area (Å²) < 4.78 is 0. The number of hydrogen-bond acceptors (Lipinski definition) is 0. The van der Waals surface area contributed by atoms with Crippen molar-refractivity contribution in [3.63, 3.8) is 0 Å². The van der Waals surface area contributed by atoms with Gasteiger partial charge in [0.1, 0.15) is 0 Å². The summed E-state index contributed by atoms with van der Waals surface area (Å²) in [6.07, 6.45) is 8.33. The summed E-state index contributed by atoms with van der Waals surface area (Å²) in [5.41, 5.74) is 0. The molecule has 0 radical (unpaired) electrons. The zero-order chi connectivity index (χ0) is 8.15. The summed E-state index contributed by atoms with van der Waals surface area (Å²) in [7, 11) is 0. The molecule has 5 fully saturated rings. The van der Waals surface area contributed by atoms with Gasteiger partial charge in [0.2, 0.25) is 0 Å². The number of rotatable bonds is 0. The van der Waals surface area contributed by atoms with E-state index in [1.807, 2.05) is 0 Å². The predicted octanol–water partition coefficient (Wildman–Crippen LogP) is 2.93. The first-order chi connectivity index (χ1) is 6.42. The zero-order valence-electron chi connectivity index (χ0n) is 8.15. The Morgan fingerprint density at radius 3 is 1.38 bits per heavy atom. The van der Waals surface area contributed by atoms with Crippen LogP contribution >= 0.6 is 0 Å². The summed E-state index contributed by atoms with van der Waals surface area (Å²) in [4.78, 5) is 0. The smallest absolute Gasteiger partial charge is 0.0349 e. The molecular formula is C13H18. The van der Waals surface area contributed by atoms with Crippen molar-refractivity contribution in [1.82, 2.24) is 0 Å². The van der Waals surface area contributed by atoms with Crippen LogP contribution in [0.25, 0.3) is 0 Å². The maximum atomic E-state index is 1.68. The molecule has 0 amide bonds. The molecule has 0 heteroatoms. The summed E-state index contributed by atoms with van der Waals surface area (Å²) in [6.45, 7) is 0. The van der Waals surface area contributed by atoms with Gasteiger partial charge >= 0.3 is 0 Å². The molecule has 0 heterocycles. The summed E-state index contributed by atoms with van der Waals surface area (Å²) in [5.74, 6) is 9.84.